The molecule has 1 aromatic carbocycles. The van der Waals surface area contributed by atoms with E-state index in [0.29, 0.717) is 26.1 Å². The lowest BCUT2D eigenvalue weighted by Gasteiger charge is -2.18. The maximum atomic E-state index is 12.9. The first-order valence-corrected chi connectivity index (χ1v) is 9.77. The number of nitrogens with one attached hydrogen (secondary N) is 1. The van der Waals surface area contributed by atoms with Gasteiger partial charge in [-0.2, -0.15) is 4.31 Å². The molecule has 0 saturated carbocycles. The Labute approximate surface area is 164 Å². The standard InChI is InChI=1S/C16H23N3O6S.ClH/c1-4-25-16(20)14-7-13(8-15(11(14)2)19(21)22)26(23,24)18-6-5-12(10-18)9-17-3;/h7-8,12,17H,4-6,9-10H2,1-3H3;1H. The van der Waals surface area contributed by atoms with Gasteiger partial charge in [-0.1, -0.05) is 0 Å². The van der Waals surface area contributed by atoms with E-state index in [2.05, 4.69) is 5.32 Å². The molecule has 1 atom stereocenters. The molecule has 1 aliphatic heterocycles. The number of hydrogen-bond acceptors (Lipinski definition) is 7. The van der Waals surface area contributed by atoms with Crippen LogP contribution in [0.1, 0.15) is 29.3 Å². The van der Waals surface area contributed by atoms with Crippen LogP contribution in [0.15, 0.2) is 17.0 Å². The molecule has 11 heteroatoms. The predicted molar refractivity (Wildman–Crippen MR) is 102 cm³/mol. The summed E-state index contributed by atoms with van der Waals surface area (Å²) in [5, 5.41) is 14.3. The number of nitrogens with zero attached hydrogens (tertiary/aromatic N) is 2. The van der Waals surface area contributed by atoms with E-state index in [4.69, 9.17) is 4.74 Å². The summed E-state index contributed by atoms with van der Waals surface area (Å²) in [6, 6.07) is 2.18. The van der Waals surface area contributed by atoms with Gasteiger partial charge in [0.1, 0.15) is 0 Å². The van der Waals surface area contributed by atoms with Crippen LogP contribution in [0.25, 0.3) is 0 Å². The van der Waals surface area contributed by atoms with Gasteiger partial charge in [0.2, 0.25) is 10.0 Å². The lowest BCUT2D eigenvalue weighted by Crippen LogP contribution is -2.30. The third kappa shape index (κ3) is 4.95. The van der Waals surface area contributed by atoms with Crippen LogP contribution in [0.5, 0.6) is 0 Å². The Morgan fingerprint density at radius 3 is 2.67 bits per heavy atom. The third-order valence-corrected chi connectivity index (χ3v) is 6.27. The number of benzene rings is 1. The number of nitro benzene ring substituents is 1. The molecule has 0 amide bonds. The third-order valence-electron chi connectivity index (χ3n) is 4.42. The van der Waals surface area contributed by atoms with E-state index in [1.807, 2.05) is 0 Å². The van der Waals surface area contributed by atoms with Gasteiger partial charge in [-0.15, -0.1) is 12.4 Å². The molecule has 152 valence electrons. The van der Waals surface area contributed by atoms with E-state index >= 15 is 0 Å². The molecule has 0 spiro atoms. The molecule has 1 heterocycles. The average molecular weight is 422 g/mol. The number of rotatable bonds is 7. The summed E-state index contributed by atoms with van der Waals surface area (Å²) in [4.78, 5) is 22.5. The lowest BCUT2D eigenvalue weighted by molar-refractivity contribution is -0.385. The van der Waals surface area contributed by atoms with E-state index in [1.165, 1.54) is 17.3 Å². The quantitative estimate of drug-likeness (QED) is 0.404. The minimum absolute atomic E-state index is 0. The minimum atomic E-state index is -3.94. The molecule has 1 fully saturated rings. The summed E-state index contributed by atoms with van der Waals surface area (Å²) in [5.74, 6) is -0.598. The zero-order chi connectivity index (χ0) is 19.5. The van der Waals surface area contributed by atoms with E-state index in [-0.39, 0.29) is 41.0 Å². The molecule has 0 aliphatic carbocycles. The van der Waals surface area contributed by atoms with Gasteiger partial charge in [-0.25, -0.2) is 13.2 Å². The van der Waals surface area contributed by atoms with Crippen LogP contribution in [0.4, 0.5) is 5.69 Å². The number of ether oxygens (including phenoxy) is 1. The summed E-state index contributed by atoms with van der Waals surface area (Å²) in [6.45, 7) is 4.45. The number of carbonyl (C=O) groups is 1. The maximum absolute atomic E-state index is 12.9. The molecule has 0 aromatic heterocycles. The van der Waals surface area contributed by atoms with Gasteiger partial charge in [-0.05, 0) is 45.8 Å². The summed E-state index contributed by atoms with van der Waals surface area (Å²) >= 11 is 0. The summed E-state index contributed by atoms with van der Waals surface area (Å²) in [7, 11) is -2.14. The Morgan fingerprint density at radius 2 is 2.11 bits per heavy atom. The molecule has 0 radical (unpaired) electrons. The molecule has 1 saturated heterocycles. The summed E-state index contributed by atoms with van der Waals surface area (Å²) < 4.78 is 32.1. The number of sulfonamides is 1. The van der Waals surface area contributed by atoms with E-state index < -0.39 is 26.6 Å². The van der Waals surface area contributed by atoms with Crippen molar-refractivity contribution in [2.75, 3.05) is 33.3 Å². The maximum Gasteiger partial charge on any atom is 0.338 e. The van der Waals surface area contributed by atoms with Crippen molar-refractivity contribution in [2.24, 2.45) is 5.92 Å². The molecule has 9 nitrogen and oxygen atoms in total. The van der Waals surface area contributed by atoms with Gasteiger partial charge in [0.05, 0.1) is 22.0 Å². The predicted octanol–water partition coefficient (Wildman–Crippen LogP) is 1.73. The van der Waals surface area contributed by atoms with Crippen molar-refractivity contribution in [2.45, 2.75) is 25.2 Å². The van der Waals surface area contributed by atoms with Gasteiger partial charge in [0.25, 0.3) is 5.69 Å². The number of carbonyl (C=O) groups excluding carboxylic acids is 1. The van der Waals surface area contributed by atoms with Crippen molar-refractivity contribution in [1.82, 2.24) is 9.62 Å². The highest BCUT2D eigenvalue weighted by Crippen LogP contribution is 2.30. The van der Waals surface area contributed by atoms with E-state index in [9.17, 15) is 23.3 Å². The van der Waals surface area contributed by atoms with E-state index in [0.717, 1.165) is 6.07 Å². The minimum Gasteiger partial charge on any atom is -0.462 e. The smallest absolute Gasteiger partial charge is 0.338 e. The van der Waals surface area contributed by atoms with Crippen molar-refractivity contribution in [3.63, 3.8) is 0 Å². The molecular weight excluding hydrogens is 398 g/mol. The van der Waals surface area contributed by atoms with Gasteiger partial charge < -0.3 is 10.1 Å². The van der Waals surface area contributed by atoms with Crippen molar-refractivity contribution in [3.8, 4) is 0 Å². The highest BCUT2D eigenvalue weighted by Gasteiger charge is 2.34. The molecule has 0 bridgehead atoms. The Morgan fingerprint density at radius 1 is 1.44 bits per heavy atom. The molecule has 1 unspecified atom stereocenters. The van der Waals surface area contributed by atoms with Gasteiger partial charge in [0, 0.05) is 24.7 Å². The number of esters is 1. The Kier molecular flexibility index (Phi) is 8.15. The SMILES string of the molecule is CCOC(=O)c1cc(S(=O)(=O)N2CCC(CNC)C2)cc([N+](=O)[O-])c1C.Cl. The van der Waals surface area contributed by atoms with Crippen LogP contribution < -0.4 is 5.32 Å². The van der Waals surface area contributed by atoms with Crippen molar-refractivity contribution in [1.29, 1.82) is 0 Å². The zero-order valence-electron chi connectivity index (χ0n) is 15.4. The fourth-order valence-electron chi connectivity index (χ4n) is 3.05. The zero-order valence-corrected chi connectivity index (χ0v) is 17.1. The second kappa shape index (κ2) is 9.45. The normalized spacial score (nSPS) is 17.4. The molecule has 1 aromatic rings. The fourth-order valence-corrected chi connectivity index (χ4v) is 4.63. The molecule has 1 aliphatic rings. The summed E-state index contributed by atoms with van der Waals surface area (Å²) in [5.41, 5.74) is -0.437. The van der Waals surface area contributed by atoms with Crippen molar-refractivity contribution in [3.05, 3.63) is 33.4 Å². The van der Waals surface area contributed by atoms with Gasteiger partial charge in [-0.3, -0.25) is 10.1 Å². The van der Waals surface area contributed by atoms with Crippen LogP contribution in [0.2, 0.25) is 0 Å². The average Bonchev–Trinajstić information content (AvgIpc) is 3.04. The van der Waals surface area contributed by atoms with Gasteiger partial charge in [0.15, 0.2) is 0 Å². The molecule has 2 rings (SSSR count). The Hall–Kier alpha value is -1.75. The lowest BCUT2D eigenvalue weighted by atomic mass is 10.1. The Balaban J connectivity index is 0.00000364. The number of hydrogen-bond donors (Lipinski definition) is 1. The van der Waals surface area contributed by atoms with Crippen LogP contribution >= 0.6 is 12.4 Å². The Bertz CT molecular complexity index is 815. The first-order chi connectivity index (χ1) is 12.2. The monoisotopic (exact) mass is 421 g/mol. The topological polar surface area (TPSA) is 119 Å². The highest BCUT2D eigenvalue weighted by molar-refractivity contribution is 7.89. The second-order valence-electron chi connectivity index (χ2n) is 6.17. The first kappa shape index (κ1) is 23.3. The molecule has 27 heavy (non-hydrogen) atoms. The van der Waals surface area contributed by atoms with Crippen LogP contribution in [-0.2, 0) is 14.8 Å². The molecular formula is C16H24ClN3O6S. The van der Waals surface area contributed by atoms with Crippen molar-refractivity contribution < 1.29 is 22.9 Å². The van der Waals surface area contributed by atoms with Crippen LogP contribution in [0, 0.1) is 23.0 Å². The summed E-state index contributed by atoms with van der Waals surface area (Å²) in [6.07, 6.45) is 0.707. The fraction of sp³-hybridized carbons (Fsp3) is 0.562. The van der Waals surface area contributed by atoms with Crippen LogP contribution in [0.3, 0.4) is 0 Å². The number of halogens is 1. The first-order valence-electron chi connectivity index (χ1n) is 8.33. The largest absolute Gasteiger partial charge is 0.462 e. The van der Waals surface area contributed by atoms with Gasteiger partial charge >= 0.3 is 5.97 Å². The molecule has 1 N–H and O–H groups in total. The highest BCUT2D eigenvalue weighted by atomic mass is 35.5. The van der Waals surface area contributed by atoms with Crippen LogP contribution in [-0.4, -0.2) is 56.9 Å². The van der Waals surface area contributed by atoms with Crippen molar-refractivity contribution >= 4 is 34.1 Å². The second-order valence-corrected chi connectivity index (χ2v) is 8.11. The van der Waals surface area contributed by atoms with E-state index in [1.54, 1.807) is 14.0 Å². The number of nitro groups is 1.